The molecule has 2 N–H and O–H groups in total. The number of sulfonamides is 1. The van der Waals surface area contributed by atoms with Crippen molar-refractivity contribution in [2.75, 3.05) is 6.54 Å². The summed E-state index contributed by atoms with van der Waals surface area (Å²) >= 11 is 0. The smallest absolute Gasteiger partial charge is 0.216 e. The van der Waals surface area contributed by atoms with Gasteiger partial charge in [-0.15, -0.1) is 0 Å². The maximum Gasteiger partial charge on any atom is 0.216 e. The minimum absolute atomic E-state index is 0.0257. The summed E-state index contributed by atoms with van der Waals surface area (Å²) in [5.74, 6) is 0.0257. The van der Waals surface area contributed by atoms with E-state index in [2.05, 4.69) is 17.0 Å². The van der Waals surface area contributed by atoms with Gasteiger partial charge in [-0.05, 0) is 37.9 Å². The first-order chi connectivity index (χ1) is 9.28. The van der Waals surface area contributed by atoms with Crippen LogP contribution >= 0.6 is 0 Å². The summed E-state index contributed by atoms with van der Waals surface area (Å²) in [7, 11) is -3.30. The second kappa shape index (κ2) is 7.20. The molecule has 0 aliphatic carbocycles. The normalized spacial score (nSPS) is 12.6. The Kier molecular flexibility index (Phi) is 6.17. The van der Waals surface area contributed by atoms with Gasteiger partial charge in [0.15, 0.2) is 0 Å². The molecular formula is C15H26N2O2S. The van der Waals surface area contributed by atoms with E-state index in [1.807, 2.05) is 45.0 Å². The second-order valence-corrected chi connectivity index (χ2v) is 7.42. The second-order valence-electron chi connectivity index (χ2n) is 5.70. The Morgan fingerprint density at radius 3 is 2.10 bits per heavy atom. The lowest BCUT2D eigenvalue weighted by molar-refractivity contribution is 0.439. The van der Waals surface area contributed by atoms with E-state index < -0.39 is 15.6 Å². The van der Waals surface area contributed by atoms with Gasteiger partial charge in [-0.25, -0.2) is 13.1 Å². The zero-order valence-electron chi connectivity index (χ0n) is 12.9. The number of benzene rings is 1. The maximum absolute atomic E-state index is 12.1. The first-order valence-electron chi connectivity index (χ1n) is 7.08. The monoisotopic (exact) mass is 298 g/mol. The van der Waals surface area contributed by atoms with Gasteiger partial charge in [-0.2, -0.15) is 0 Å². The molecule has 0 fully saturated rings. The predicted molar refractivity (Wildman–Crippen MR) is 84.0 cm³/mol. The van der Waals surface area contributed by atoms with E-state index in [0.29, 0.717) is 0 Å². The quantitative estimate of drug-likeness (QED) is 0.775. The summed E-state index contributed by atoms with van der Waals surface area (Å²) in [6.07, 6.45) is 0.758. The number of nitrogens with one attached hydrogen (secondary N) is 2. The first-order valence-corrected chi connectivity index (χ1v) is 8.73. The van der Waals surface area contributed by atoms with Crippen LogP contribution in [0.25, 0.3) is 0 Å². The van der Waals surface area contributed by atoms with Crippen molar-refractivity contribution in [3.63, 3.8) is 0 Å². The van der Waals surface area contributed by atoms with Gasteiger partial charge < -0.3 is 5.32 Å². The van der Waals surface area contributed by atoms with Gasteiger partial charge in [0, 0.05) is 12.1 Å². The molecule has 0 radical (unpaired) electrons. The lowest BCUT2D eigenvalue weighted by atomic mass is 10.0. The molecule has 114 valence electrons. The average molecular weight is 298 g/mol. The van der Waals surface area contributed by atoms with Crippen LogP contribution in [0.5, 0.6) is 0 Å². The molecule has 0 bridgehead atoms. The molecule has 20 heavy (non-hydrogen) atoms. The van der Waals surface area contributed by atoms with Gasteiger partial charge in [-0.3, -0.25) is 0 Å². The van der Waals surface area contributed by atoms with Gasteiger partial charge in [0.25, 0.3) is 0 Å². The van der Waals surface area contributed by atoms with Crippen molar-refractivity contribution in [3.05, 3.63) is 35.4 Å². The van der Waals surface area contributed by atoms with Gasteiger partial charge >= 0.3 is 0 Å². The summed E-state index contributed by atoms with van der Waals surface area (Å²) in [5, 5.41) is 3.24. The zero-order valence-corrected chi connectivity index (χ0v) is 13.7. The van der Waals surface area contributed by atoms with E-state index in [-0.39, 0.29) is 5.75 Å². The Bertz CT molecular complexity index is 507. The van der Waals surface area contributed by atoms with Crippen LogP contribution in [0.2, 0.25) is 0 Å². The van der Waals surface area contributed by atoms with Crippen LogP contribution in [0.15, 0.2) is 24.3 Å². The van der Waals surface area contributed by atoms with Crippen LogP contribution < -0.4 is 10.0 Å². The molecule has 0 aliphatic heterocycles. The predicted octanol–water partition coefficient (Wildman–Crippen LogP) is 2.40. The number of hydrogen-bond acceptors (Lipinski definition) is 3. The van der Waals surface area contributed by atoms with E-state index in [1.54, 1.807) is 0 Å². The molecule has 1 rings (SSSR count). The highest BCUT2D eigenvalue weighted by atomic mass is 32.2. The molecule has 0 unspecified atom stereocenters. The topological polar surface area (TPSA) is 58.2 Å². The molecule has 0 heterocycles. The fraction of sp³-hybridized carbons (Fsp3) is 0.600. The molecule has 0 atom stereocenters. The van der Waals surface area contributed by atoms with Crippen molar-refractivity contribution in [2.24, 2.45) is 0 Å². The zero-order chi connectivity index (χ0) is 15.2. The van der Waals surface area contributed by atoms with Gasteiger partial charge in [0.1, 0.15) is 0 Å². The molecule has 1 aromatic carbocycles. The molecule has 5 heteroatoms. The molecular weight excluding hydrogens is 272 g/mol. The highest BCUT2D eigenvalue weighted by Crippen LogP contribution is 2.13. The third-order valence-corrected chi connectivity index (χ3v) is 4.85. The summed E-state index contributed by atoms with van der Waals surface area (Å²) in [4.78, 5) is 0. The SMILES string of the molecule is CCNCc1ccc(CS(=O)(=O)NC(C)(C)CC)cc1. The molecule has 0 aromatic heterocycles. The minimum Gasteiger partial charge on any atom is -0.313 e. The highest BCUT2D eigenvalue weighted by Gasteiger charge is 2.22. The Balaban J connectivity index is 2.68. The van der Waals surface area contributed by atoms with E-state index in [4.69, 9.17) is 0 Å². The Labute approximate surface area is 123 Å². The van der Waals surface area contributed by atoms with Crippen molar-refractivity contribution in [3.8, 4) is 0 Å². The lowest BCUT2D eigenvalue weighted by Crippen LogP contribution is -2.43. The van der Waals surface area contributed by atoms with E-state index in [0.717, 1.165) is 30.6 Å². The summed E-state index contributed by atoms with van der Waals surface area (Å²) in [6.45, 7) is 9.55. The average Bonchev–Trinajstić information content (AvgIpc) is 2.36. The van der Waals surface area contributed by atoms with Crippen LogP contribution in [-0.2, 0) is 22.3 Å². The highest BCUT2D eigenvalue weighted by molar-refractivity contribution is 7.88. The van der Waals surface area contributed by atoms with E-state index >= 15 is 0 Å². The minimum atomic E-state index is -3.30. The molecule has 0 amide bonds. The van der Waals surface area contributed by atoms with Crippen LogP contribution in [-0.4, -0.2) is 20.5 Å². The van der Waals surface area contributed by atoms with Gasteiger partial charge in [0.2, 0.25) is 10.0 Å². The lowest BCUT2D eigenvalue weighted by Gasteiger charge is -2.24. The summed E-state index contributed by atoms with van der Waals surface area (Å²) in [6, 6.07) is 7.70. The summed E-state index contributed by atoms with van der Waals surface area (Å²) < 4.78 is 27.0. The van der Waals surface area contributed by atoms with Crippen molar-refractivity contribution >= 4 is 10.0 Å². The van der Waals surface area contributed by atoms with Crippen molar-refractivity contribution in [1.82, 2.24) is 10.0 Å². The van der Waals surface area contributed by atoms with Crippen LogP contribution in [0.3, 0.4) is 0 Å². The van der Waals surface area contributed by atoms with Crippen LogP contribution in [0.1, 0.15) is 45.2 Å². The molecule has 1 aromatic rings. The Morgan fingerprint density at radius 1 is 1.05 bits per heavy atom. The van der Waals surface area contributed by atoms with Crippen LogP contribution in [0.4, 0.5) is 0 Å². The third kappa shape index (κ3) is 6.03. The standard InChI is InChI=1S/C15H26N2O2S/c1-5-15(3,4)17-20(18,19)12-14-9-7-13(8-10-14)11-16-6-2/h7-10,16-17H,5-6,11-12H2,1-4H3. The number of hydrogen-bond donors (Lipinski definition) is 2. The maximum atomic E-state index is 12.1. The van der Waals surface area contributed by atoms with E-state index in [9.17, 15) is 8.42 Å². The third-order valence-electron chi connectivity index (χ3n) is 3.27. The van der Waals surface area contributed by atoms with E-state index in [1.165, 1.54) is 0 Å². The van der Waals surface area contributed by atoms with Crippen molar-refractivity contribution in [2.45, 2.75) is 52.0 Å². The van der Waals surface area contributed by atoms with Gasteiger partial charge in [-0.1, -0.05) is 38.1 Å². The molecule has 4 nitrogen and oxygen atoms in total. The van der Waals surface area contributed by atoms with Crippen LogP contribution in [0, 0.1) is 0 Å². The first kappa shape index (κ1) is 17.1. The van der Waals surface area contributed by atoms with Gasteiger partial charge in [0.05, 0.1) is 5.75 Å². The Morgan fingerprint density at radius 2 is 1.60 bits per heavy atom. The fourth-order valence-corrected chi connectivity index (χ4v) is 3.46. The largest absolute Gasteiger partial charge is 0.313 e. The summed E-state index contributed by atoms with van der Waals surface area (Å²) in [5.41, 5.74) is 1.57. The molecule has 0 saturated heterocycles. The molecule has 0 saturated carbocycles. The molecule has 0 spiro atoms. The molecule has 0 aliphatic rings. The van der Waals surface area contributed by atoms with Crippen molar-refractivity contribution in [1.29, 1.82) is 0 Å². The number of rotatable bonds is 8. The fourth-order valence-electron chi connectivity index (χ4n) is 1.77. The Hall–Kier alpha value is -0.910. The van der Waals surface area contributed by atoms with Crippen molar-refractivity contribution < 1.29 is 8.42 Å².